The predicted molar refractivity (Wildman–Crippen MR) is 67.9 cm³/mol. The van der Waals surface area contributed by atoms with E-state index in [0.29, 0.717) is 11.1 Å². The molecular formula is C12H17Cl2N. The van der Waals surface area contributed by atoms with Crippen LogP contribution in [0.2, 0.25) is 10.0 Å². The molecule has 0 fully saturated rings. The minimum Gasteiger partial charge on any atom is -0.317 e. The van der Waals surface area contributed by atoms with E-state index >= 15 is 0 Å². The molecule has 15 heavy (non-hydrogen) atoms. The van der Waals surface area contributed by atoms with Crippen LogP contribution in [0.25, 0.3) is 0 Å². The molecule has 0 bridgehead atoms. The monoisotopic (exact) mass is 245 g/mol. The third-order valence-electron chi connectivity index (χ3n) is 2.68. The van der Waals surface area contributed by atoms with E-state index in [1.165, 1.54) is 5.56 Å². The van der Waals surface area contributed by atoms with Gasteiger partial charge in [0.1, 0.15) is 0 Å². The van der Waals surface area contributed by atoms with Crippen molar-refractivity contribution in [1.82, 2.24) is 5.32 Å². The molecule has 0 radical (unpaired) electrons. The number of nitrogens with one attached hydrogen (secondary N) is 1. The summed E-state index contributed by atoms with van der Waals surface area (Å²) in [6, 6.07) is 6.27. The van der Waals surface area contributed by atoms with Crippen LogP contribution in [0.1, 0.15) is 25.3 Å². The van der Waals surface area contributed by atoms with Crippen LogP contribution in [-0.4, -0.2) is 13.1 Å². The van der Waals surface area contributed by atoms with E-state index < -0.39 is 0 Å². The van der Waals surface area contributed by atoms with Gasteiger partial charge in [-0.25, -0.2) is 0 Å². The Morgan fingerprint density at radius 1 is 1.33 bits per heavy atom. The molecule has 1 nitrogen and oxygen atoms in total. The van der Waals surface area contributed by atoms with E-state index in [0.717, 1.165) is 24.3 Å². The Labute approximate surface area is 102 Å². The van der Waals surface area contributed by atoms with Crippen LogP contribution in [0.4, 0.5) is 0 Å². The molecule has 0 aliphatic heterocycles. The molecule has 1 aromatic carbocycles. The maximum absolute atomic E-state index is 6.09. The Hall–Kier alpha value is -0.240. The summed E-state index contributed by atoms with van der Waals surface area (Å²) < 4.78 is 0. The normalized spacial score (nSPS) is 12.8. The molecule has 1 atom stereocenters. The Morgan fingerprint density at radius 3 is 2.60 bits per heavy atom. The van der Waals surface area contributed by atoms with Gasteiger partial charge in [0.25, 0.3) is 0 Å². The van der Waals surface area contributed by atoms with Gasteiger partial charge in [-0.05, 0) is 44.0 Å². The molecule has 0 aromatic heterocycles. The molecule has 1 unspecified atom stereocenters. The SMILES string of the molecule is CCC(CCc1ccc(Cl)cc1Cl)NC. The molecule has 0 aliphatic carbocycles. The van der Waals surface area contributed by atoms with Gasteiger partial charge >= 0.3 is 0 Å². The lowest BCUT2D eigenvalue weighted by molar-refractivity contribution is 0.509. The summed E-state index contributed by atoms with van der Waals surface area (Å²) in [6.45, 7) is 2.19. The van der Waals surface area contributed by atoms with Gasteiger partial charge in [-0.15, -0.1) is 0 Å². The molecule has 1 N–H and O–H groups in total. The standard InChI is InChI=1S/C12H17Cl2N/c1-3-11(15-2)7-5-9-4-6-10(13)8-12(9)14/h4,6,8,11,15H,3,5,7H2,1-2H3. The van der Waals surface area contributed by atoms with Crippen molar-refractivity contribution >= 4 is 23.2 Å². The Morgan fingerprint density at radius 2 is 2.07 bits per heavy atom. The van der Waals surface area contributed by atoms with Gasteiger partial charge in [0.05, 0.1) is 0 Å². The molecule has 3 heteroatoms. The van der Waals surface area contributed by atoms with Crippen LogP contribution in [0.15, 0.2) is 18.2 Å². The second kappa shape index (κ2) is 6.37. The lowest BCUT2D eigenvalue weighted by atomic mass is 10.0. The summed E-state index contributed by atoms with van der Waals surface area (Å²) in [5.74, 6) is 0. The van der Waals surface area contributed by atoms with Crippen molar-refractivity contribution in [1.29, 1.82) is 0 Å². The lowest BCUT2D eigenvalue weighted by Gasteiger charge is -2.13. The summed E-state index contributed by atoms with van der Waals surface area (Å²) in [6.07, 6.45) is 3.24. The molecular weight excluding hydrogens is 229 g/mol. The van der Waals surface area contributed by atoms with Crippen LogP contribution in [-0.2, 0) is 6.42 Å². The second-order valence-electron chi connectivity index (χ2n) is 3.67. The fraction of sp³-hybridized carbons (Fsp3) is 0.500. The highest BCUT2D eigenvalue weighted by atomic mass is 35.5. The van der Waals surface area contributed by atoms with E-state index in [2.05, 4.69) is 12.2 Å². The third-order valence-corrected chi connectivity index (χ3v) is 3.27. The third kappa shape index (κ3) is 4.02. The number of benzene rings is 1. The van der Waals surface area contributed by atoms with Gasteiger partial charge in [-0.2, -0.15) is 0 Å². The average molecular weight is 246 g/mol. The number of hydrogen-bond acceptors (Lipinski definition) is 1. The minimum atomic E-state index is 0.566. The minimum absolute atomic E-state index is 0.566. The average Bonchev–Trinajstić information content (AvgIpc) is 2.22. The van der Waals surface area contributed by atoms with E-state index in [1.54, 1.807) is 6.07 Å². The molecule has 84 valence electrons. The van der Waals surface area contributed by atoms with Crippen molar-refractivity contribution in [2.45, 2.75) is 32.2 Å². The Bertz CT molecular complexity index is 308. The Balaban J connectivity index is 2.57. The zero-order valence-electron chi connectivity index (χ0n) is 9.19. The zero-order chi connectivity index (χ0) is 11.3. The van der Waals surface area contributed by atoms with Gasteiger partial charge in [0.2, 0.25) is 0 Å². The lowest BCUT2D eigenvalue weighted by Crippen LogP contribution is -2.24. The molecule has 0 amide bonds. The van der Waals surface area contributed by atoms with Crippen molar-refractivity contribution in [2.24, 2.45) is 0 Å². The highest BCUT2D eigenvalue weighted by molar-refractivity contribution is 6.35. The Kier molecular flexibility index (Phi) is 5.44. The largest absolute Gasteiger partial charge is 0.317 e. The summed E-state index contributed by atoms with van der Waals surface area (Å²) in [7, 11) is 2.00. The predicted octanol–water partition coefficient (Wildman–Crippen LogP) is 3.92. The van der Waals surface area contributed by atoms with Crippen molar-refractivity contribution < 1.29 is 0 Å². The number of aryl methyl sites for hydroxylation is 1. The molecule has 0 aliphatic rings. The zero-order valence-corrected chi connectivity index (χ0v) is 10.7. The van der Waals surface area contributed by atoms with Crippen LogP contribution >= 0.6 is 23.2 Å². The topological polar surface area (TPSA) is 12.0 Å². The molecule has 0 heterocycles. The highest BCUT2D eigenvalue weighted by Crippen LogP contribution is 2.22. The van der Waals surface area contributed by atoms with Crippen molar-refractivity contribution in [3.8, 4) is 0 Å². The maximum atomic E-state index is 6.09. The van der Waals surface area contributed by atoms with Gasteiger partial charge in [0, 0.05) is 16.1 Å². The molecule has 0 saturated carbocycles. The molecule has 0 spiro atoms. The van der Waals surface area contributed by atoms with Gasteiger partial charge in [0.15, 0.2) is 0 Å². The van der Waals surface area contributed by atoms with E-state index in [9.17, 15) is 0 Å². The first-order chi connectivity index (χ1) is 7.17. The smallest absolute Gasteiger partial charge is 0.0452 e. The molecule has 0 saturated heterocycles. The van der Waals surface area contributed by atoms with Crippen LogP contribution in [0, 0.1) is 0 Å². The van der Waals surface area contributed by atoms with Crippen molar-refractivity contribution in [2.75, 3.05) is 7.05 Å². The fourth-order valence-corrected chi connectivity index (χ4v) is 2.11. The summed E-state index contributed by atoms with van der Waals surface area (Å²) in [5.41, 5.74) is 1.18. The van der Waals surface area contributed by atoms with Crippen molar-refractivity contribution in [3.05, 3.63) is 33.8 Å². The maximum Gasteiger partial charge on any atom is 0.0452 e. The first-order valence-electron chi connectivity index (χ1n) is 5.28. The fourth-order valence-electron chi connectivity index (χ4n) is 1.61. The van der Waals surface area contributed by atoms with Crippen LogP contribution in [0.3, 0.4) is 0 Å². The van der Waals surface area contributed by atoms with Gasteiger partial charge < -0.3 is 5.32 Å². The summed E-state index contributed by atoms with van der Waals surface area (Å²) in [4.78, 5) is 0. The molecule has 1 rings (SSSR count). The number of hydrogen-bond donors (Lipinski definition) is 1. The van der Waals surface area contributed by atoms with Gasteiger partial charge in [-0.3, -0.25) is 0 Å². The first kappa shape index (κ1) is 12.8. The van der Waals surface area contributed by atoms with Crippen LogP contribution in [0.5, 0.6) is 0 Å². The highest BCUT2D eigenvalue weighted by Gasteiger charge is 2.06. The quantitative estimate of drug-likeness (QED) is 0.830. The first-order valence-corrected chi connectivity index (χ1v) is 6.04. The number of halogens is 2. The van der Waals surface area contributed by atoms with Gasteiger partial charge in [-0.1, -0.05) is 36.2 Å². The van der Waals surface area contributed by atoms with Crippen LogP contribution < -0.4 is 5.32 Å². The number of rotatable bonds is 5. The second-order valence-corrected chi connectivity index (χ2v) is 4.51. The van der Waals surface area contributed by atoms with E-state index in [4.69, 9.17) is 23.2 Å². The molecule has 1 aromatic rings. The van der Waals surface area contributed by atoms with Crippen molar-refractivity contribution in [3.63, 3.8) is 0 Å². The van der Waals surface area contributed by atoms with E-state index in [1.807, 2.05) is 19.2 Å². The summed E-state index contributed by atoms with van der Waals surface area (Å²) >= 11 is 11.9. The summed E-state index contributed by atoms with van der Waals surface area (Å²) in [5, 5.41) is 4.75. The van der Waals surface area contributed by atoms with E-state index in [-0.39, 0.29) is 0 Å².